The molecule has 0 bridgehead atoms. The molecule has 1 aliphatic rings. The van der Waals surface area contributed by atoms with Crippen molar-refractivity contribution in [1.29, 1.82) is 0 Å². The molecule has 1 atom stereocenters. The predicted molar refractivity (Wildman–Crippen MR) is 135 cm³/mol. The highest BCUT2D eigenvalue weighted by Gasteiger charge is 2.46. The Balaban J connectivity index is 1.78. The number of amides is 1. The summed E-state index contributed by atoms with van der Waals surface area (Å²) in [6.07, 6.45) is 4.20. The molecular weight excluding hydrogens is 464 g/mol. The first-order valence-electron chi connectivity index (χ1n) is 11.5. The van der Waals surface area contributed by atoms with Crippen LogP contribution in [0.15, 0.2) is 78.6 Å². The van der Waals surface area contributed by atoms with Crippen LogP contribution in [-0.2, 0) is 16.1 Å². The van der Waals surface area contributed by atoms with Crippen LogP contribution in [-0.4, -0.2) is 33.3 Å². The van der Waals surface area contributed by atoms with E-state index in [0.717, 1.165) is 12.0 Å². The third-order valence-corrected chi connectivity index (χ3v) is 6.12. The van der Waals surface area contributed by atoms with E-state index in [4.69, 9.17) is 16.3 Å². The molecule has 3 aromatic rings. The lowest BCUT2D eigenvalue weighted by Crippen LogP contribution is -2.29. The van der Waals surface area contributed by atoms with Gasteiger partial charge in [-0.05, 0) is 65.9 Å². The summed E-state index contributed by atoms with van der Waals surface area (Å²) in [5.74, 6) is -0.520. The number of carbonyl (C=O) groups excluding carboxylic acids is 2. The number of nitrogens with zero attached hydrogens (tertiary/aromatic N) is 2. The Hall–Kier alpha value is -3.64. The quantitative estimate of drug-likeness (QED) is 0.246. The maximum absolute atomic E-state index is 13.2. The molecule has 180 valence electrons. The number of hydrogen-bond donors (Lipinski definition) is 1. The number of rotatable bonds is 8. The first kappa shape index (κ1) is 24.5. The number of ether oxygens (including phenoxy) is 1. The summed E-state index contributed by atoms with van der Waals surface area (Å²) in [7, 11) is 0. The molecule has 0 spiro atoms. The van der Waals surface area contributed by atoms with Gasteiger partial charge < -0.3 is 14.7 Å². The topological polar surface area (TPSA) is 79.7 Å². The molecular formula is C28H27ClN2O4. The minimum Gasteiger partial charge on any atom is -0.507 e. The van der Waals surface area contributed by atoms with Crippen molar-refractivity contribution in [2.75, 3.05) is 6.61 Å². The number of aliphatic hydroxyl groups excluding tert-OH is 1. The number of pyridine rings is 1. The molecule has 1 aromatic heterocycles. The van der Waals surface area contributed by atoms with Crippen LogP contribution >= 0.6 is 11.6 Å². The molecule has 7 heteroatoms. The highest BCUT2D eigenvalue weighted by atomic mass is 35.5. The zero-order chi connectivity index (χ0) is 24.9. The molecule has 1 N–H and O–H groups in total. The molecule has 0 saturated carbocycles. The van der Waals surface area contributed by atoms with E-state index in [0.29, 0.717) is 34.4 Å². The fourth-order valence-corrected chi connectivity index (χ4v) is 4.15. The number of likely N-dealkylation sites (tertiary alicyclic amines) is 1. The Morgan fingerprint density at radius 3 is 2.57 bits per heavy atom. The van der Waals surface area contributed by atoms with Crippen LogP contribution in [0.2, 0.25) is 5.02 Å². The van der Waals surface area contributed by atoms with E-state index in [1.807, 2.05) is 30.3 Å². The normalized spacial score (nSPS) is 17.3. The summed E-state index contributed by atoms with van der Waals surface area (Å²) in [4.78, 5) is 32.0. The SMILES string of the molecule is CC(C)CCOc1cccc(C2C(=C(O)c3ccc(Cl)cc3)C(=O)C(=O)N2Cc2cccnc2)c1. The van der Waals surface area contributed by atoms with Gasteiger partial charge in [-0.2, -0.15) is 0 Å². The Morgan fingerprint density at radius 2 is 1.89 bits per heavy atom. The van der Waals surface area contributed by atoms with Gasteiger partial charge in [0.2, 0.25) is 0 Å². The maximum Gasteiger partial charge on any atom is 0.295 e. The lowest BCUT2D eigenvalue weighted by molar-refractivity contribution is -0.140. The molecule has 0 aliphatic carbocycles. The van der Waals surface area contributed by atoms with Crippen LogP contribution in [0.3, 0.4) is 0 Å². The van der Waals surface area contributed by atoms with Gasteiger partial charge in [-0.1, -0.05) is 43.6 Å². The minimum atomic E-state index is -0.792. The second kappa shape index (κ2) is 10.7. The van der Waals surface area contributed by atoms with E-state index in [2.05, 4.69) is 18.8 Å². The highest BCUT2D eigenvalue weighted by molar-refractivity contribution is 6.46. The van der Waals surface area contributed by atoms with Gasteiger partial charge in [0, 0.05) is 29.5 Å². The summed E-state index contributed by atoms with van der Waals surface area (Å²) in [5, 5.41) is 11.7. The van der Waals surface area contributed by atoms with Crippen molar-refractivity contribution in [3.8, 4) is 5.75 Å². The average Bonchev–Trinajstić information content (AvgIpc) is 3.09. The summed E-state index contributed by atoms with van der Waals surface area (Å²) >= 11 is 6.00. The van der Waals surface area contributed by atoms with Crippen molar-refractivity contribution in [2.24, 2.45) is 5.92 Å². The number of carbonyl (C=O) groups is 2. The van der Waals surface area contributed by atoms with Gasteiger partial charge in [0.05, 0.1) is 18.2 Å². The Morgan fingerprint density at radius 1 is 1.11 bits per heavy atom. The molecule has 4 rings (SSSR count). The molecule has 0 radical (unpaired) electrons. The van der Waals surface area contributed by atoms with Crippen LogP contribution in [0, 0.1) is 5.92 Å². The van der Waals surface area contributed by atoms with Crippen molar-refractivity contribution < 1.29 is 19.4 Å². The van der Waals surface area contributed by atoms with E-state index >= 15 is 0 Å². The van der Waals surface area contributed by atoms with E-state index < -0.39 is 17.7 Å². The smallest absolute Gasteiger partial charge is 0.295 e. The number of Topliss-reactive ketones (excluding diaryl/α,β-unsaturated/α-hetero) is 1. The van der Waals surface area contributed by atoms with E-state index in [1.165, 1.54) is 4.90 Å². The van der Waals surface area contributed by atoms with Crippen LogP contribution in [0.4, 0.5) is 0 Å². The molecule has 1 unspecified atom stereocenters. The van der Waals surface area contributed by atoms with Crippen molar-refractivity contribution in [3.63, 3.8) is 0 Å². The average molecular weight is 491 g/mol. The van der Waals surface area contributed by atoms with Crippen molar-refractivity contribution in [3.05, 3.63) is 100 Å². The van der Waals surface area contributed by atoms with E-state index in [1.54, 1.807) is 42.7 Å². The van der Waals surface area contributed by atoms with Crippen LogP contribution < -0.4 is 4.74 Å². The van der Waals surface area contributed by atoms with Gasteiger partial charge >= 0.3 is 0 Å². The lowest BCUT2D eigenvalue weighted by atomic mass is 9.95. The Kier molecular flexibility index (Phi) is 7.51. The minimum absolute atomic E-state index is 0.0283. The Labute approximate surface area is 209 Å². The first-order valence-corrected chi connectivity index (χ1v) is 11.9. The van der Waals surface area contributed by atoms with Crippen molar-refractivity contribution in [2.45, 2.75) is 32.9 Å². The second-order valence-electron chi connectivity index (χ2n) is 8.90. The fourth-order valence-electron chi connectivity index (χ4n) is 4.03. The van der Waals surface area contributed by atoms with Gasteiger partial charge in [0.1, 0.15) is 11.5 Å². The molecule has 1 amide bonds. The predicted octanol–water partition coefficient (Wildman–Crippen LogP) is 5.78. The lowest BCUT2D eigenvalue weighted by Gasteiger charge is -2.25. The summed E-state index contributed by atoms with van der Waals surface area (Å²) in [6.45, 7) is 4.98. The van der Waals surface area contributed by atoms with Crippen LogP contribution in [0.1, 0.15) is 43.0 Å². The molecule has 35 heavy (non-hydrogen) atoms. The molecule has 2 heterocycles. The zero-order valence-corrected chi connectivity index (χ0v) is 20.4. The van der Waals surface area contributed by atoms with Gasteiger partial charge in [-0.25, -0.2) is 0 Å². The van der Waals surface area contributed by atoms with Crippen molar-refractivity contribution in [1.82, 2.24) is 9.88 Å². The monoisotopic (exact) mass is 490 g/mol. The van der Waals surface area contributed by atoms with Crippen LogP contribution in [0.5, 0.6) is 5.75 Å². The van der Waals surface area contributed by atoms with Crippen LogP contribution in [0.25, 0.3) is 5.76 Å². The summed E-state index contributed by atoms with van der Waals surface area (Å²) < 4.78 is 5.93. The number of aromatic nitrogens is 1. The number of halogens is 1. The standard InChI is InChI=1S/C28H27ClN2O4/c1-18(2)12-14-35-23-7-3-6-21(15-23)25-24(26(32)20-8-10-22(29)11-9-20)27(33)28(34)31(25)17-19-5-4-13-30-16-19/h3-11,13,15-16,18,25,32H,12,14,17H2,1-2H3. The zero-order valence-electron chi connectivity index (χ0n) is 19.6. The molecule has 1 aliphatic heterocycles. The van der Waals surface area contributed by atoms with Gasteiger partial charge in [0.25, 0.3) is 11.7 Å². The third-order valence-electron chi connectivity index (χ3n) is 5.87. The van der Waals surface area contributed by atoms with Gasteiger partial charge in [-0.15, -0.1) is 0 Å². The maximum atomic E-state index is 13.2. The molecule has 1 saturated heterocycles. The second-order valence-corrected chi connectivity index (χ2v) is 9.34. The van der Waals surface area contributed by atoms with Crippen molar-refractivity contribution >= 4 is 29.1 Å². The first-order chi connectivity index (χ1) is 16.8. The largest absolute Gasteiger partial charge is 0.507 e. The number of benzene rings is 2. The van der Waals surface area contributed by atoms with E-state index in [-0.39, 0.29) is 17.9 Å². The summed E-state index contributed by atoms with van der Waals surface area (Å²) in [5.41, 5.74) is 1.88. The number of ketones is 1. The highest BCUT2D eigenvalue weighted by Crippen LogP contribution is 2.41. The molecule has 1 fully saturated rings. The third kappa shape index (κ3) is 5.54. The summed E-state index contributed by atoms with van der Waals surface area (Å²) in [6, 6.07) is 16.6. The van der Waals surface area contributed by atoms with Gasteiger partial charge in [0.15, 0.2) is 0 Å². The number of hydrogen-bond acceptors (Lipinski definition) is 5. The molecule has 2 aromatic carbocycles. The van der Waals surface area contributed by atoms with Gasteiger partial charge in [-0.3, -0.25) is 14.6 Å². The number of aliphatic hydroxyl groups is 1. The van der Waals surface area contributed by atoms with E-state index in [9.17, 15) is 14.7 Å². The Bertz CT molecular complexity index is 1240. The molecule has 6 nitrogen and oxygen atoms in total. The fraction of sp³-hybridized carbons (Fsp3) is 0.250.